The van der Waals surface area contributed by atoms with E-state index >= 15 is 0 Å². The molecule has 0 aliphatic rings. The number of aromatic nitrogens is 1. The molecule has 13 rings (SSSR count). The highest BCUT2D eigenvalue weighted by Gasteiger charge is 2.20. The molecule has 304 valence electrons. The Hall–Kier alpha value is -8.66. The standard InChI is InChI=1S/C62H40N2O/c1-3-15-43(16-4-1)53-24-12-26-57-58-27-13-25-54(62(58)65-61(53)57)47-19-11-22-50(39-47)63(51-35-30-41-14-7-8-18-45(41)38-51)49-33-28-42(29-34-49)46-32-36-55-56-37-31-44-17-9-10-23-52(44)60(56)64(59(55)40-46)48-20-5-2-6-21-48/h1-40H. The van der Waals surface area contributed by atoms with Crippen molar-refractivity contribution in [2.75, 3.05) is 4.90 Å². The largest absolute Gasteiger partial charge is 0.455 e. The Labute approximate surface area is 376 Å². The van der Waals surface area contributed by atoms with Crippen molar-refractivity contribution in [1.29, 1.82) is 0 Å². The topological polar surface area (TPSA) is 21.3 Å². The molecule has 0 N–H and O–H groups in total. The van der Waals surface area contributed by atoms with Crippen molar-refractivity contribution in [3.8, 4) is 39.1 Å². The molecule has 3 nitrogen and oxygen atoms in total. The van der Waals surface area contributed by atoms with Crippen LogP contribution in [0, 0.1) is 0 Å². The van der Waals surface area contributed by atoms with Gasteiger partial charge in [-0.25, -0.2) is 0 Å². The van der Waals surface area contributed by atoms with Crippen LogP contribution in [0.5, 0.6) is 0 Å². The van der Waals surface area contributed by atoms with Crippen LogP contribution in [-0.2, 0) is 0 Å². The van der Waals surface area contributed by atoms with E-state index in [1.807, 2.05) is 0 Å². The molecule has 0 aliphatic carbocycles. The summed E-state index contributed by atoms with van der Waals surface area (Å²) < 4.78 is 9.31. The van der Waals surface area contributed by atoms with E-state index in [1.165, 1.54) is 48.9 Å². The van der Waals surface area contributed by atoms with E-state index in [0.717, 1.165) is 72.5 Å². The number of nitrogens with zero attached hydrogens (tertiary/aromatic N) is 2. The number of fused-ring (bicyclic) bond motifs is 9. The van der Waals surface area contributed by atoms with Gasteiger partial charge in [-0.05, 0) is 93.0 Å². The molecule has 0 aliphatic heterocycles. The van der Waals surface area contributed by atoms with Crippen LogP contribution in [0.1, 0.15) is 0 Å². The highest BCUT2D eigenvalue weighted by Crippen LogP contribution is 2.44. The van der Waals surface area contributed by atoms with Crippen LogP contribution in [0.2, 0.25) is 0 Å². The van der Waals surface area contributed by atoms with Crippen molar-refractivity contribution in [1.82, 2.24) is 4.57 Å². The van der Waals surface area contributed by atoms with E-state index in [4.69, 9.17) is 4.42 Å². The first-order chi connectivity index (χ1) is 32.2. The number of para-hydroxylation sites is 3. The Morgan fingerprint density at radius 3 is 1.66 bits per heavy atom. The number of anilines is 3. The number of hydrogen-bond donors (Lipinski definition) is 0. The van der Waals surface area contributed by atoms with E-state index in [2.05, 4.69) is 252 Å². The minimum absolute atomic E-state index is 0.890. The predicted octanol–water partition coefficient (Wildman–Crippen LogP) is 17.5. The summed E-state index contributed by atoms with van der Waals surface area (Å²) in [6.07, 6.45) is 0. The lowest BCUT2D eigenvalue weighted by Crippen LogP contribution is -2.10. The van der Waals surface area contributed by atoms with E-state index in [9.17, 15) is 0 Å². The van der Waals surface area contributed by atoms with Crippen LogP contribution < -0.4 is 4.90 Å². The Morgan fingerprint density at radius 1 is 0.308 bits per heavy atom. The molecule has 0 saturated heterocycles. The van der Waals surface area contributed by atoms with E-state index < -0.39 is 0 Å². The molecule has 2 aromatic heterocycles. The lowest BCUT2D eigenvalue weighted by Gasteiger charge is -2.26. The average Bonchev–Trinajstić information content (AvgIpc) is 3.93. The van der Waals surface area contributed by atoms with Gasteiger partial charge in [0.05, 0.1) is 11.0 Å². The quantitative estimate of drug-likeness (QED) is 0.160. The van der Waals surface area contributed by atoms with E-state index in [0.29, 0.717) is 0 Å². The van der Waals surface area contributed by atoms with Crippen molar-refractivity contribution in [3.63, 3.8) is 0 Å². The SMILES string of the molecule is c1ccc(-c2cccc3c2oc2c(-c4cccc(N(c5ccc(-c6ccc7c8ccc9ccccc9c8n(-c8ccccc8)c7c6)cc5)c5ccc6ccccc6c5)c4)cccc23)cc1. The Balaban J connectivity index is 0.938. The highest BCUT2D eigenvalue weighted by molar-refractivity contribution is 6.19. The van der Waals surface area contributed by atoms with Gasteiger partial charge >= 0.3 is 0 Å². The maximum atomic E-state index is 6.88. The molecule has 0 unspecified atom stereocenters. The summed E-state index contributed by atoms with van der Waals surface area (Å²) in [4.78, 5) is 2.37. The average molecular weight is 829 g/mol. The summed E-state index contributed by atoms with van der Waals surface area (Å²) in [6.45, 7) is 0. The molecular weight excluding hydrogens is 789 g/mol. The minimum Gasteiger partial charge on any atom is -0.455 e. The second-order valence-corrected chi connectivity index (χ2v) is 16.9. The van der Waals surface area contributed by atoms with Crippen molar-refractivity contribution < 1.29 is 4.42 Å². The van der Waals surface area contributed by atoms with Gasteiger partial charge < -0.3 is 13.9 Å². The lowest BCUT2D eigenvalue weighted by molar-refractivity contribution is 0.671. The van der Waals surface area contributed by atoms with Gasteiger partial charge in [0.15, 0.2) is 0 Å². The van der Waals surface area contributed by atoms with Crippen LogP contribution in [0.15, 0.2) is 247 Å². The Bertz CT molecular complexity index is 3940. The van der Waals surface area contributed by atoms with Gasteiger partial charge in [-0.2, -0.15) is 0 Å². The first-order valence-electron chi connectivity index (χ1n) is 22.2. The zero-order chi connectivity index (χ0) is 42.8. The maximum absolute atomic E-state index is 6.88. The third-order valence-corrected chi connectivity index (χ3v) is 13.1. The summed E-state index contributed by atoms with van der Waals surface area (Å²) in [5, 5.41) is 9.62. The second kappa shape index (κ2) is 15.0. The van der Waals surface area contributed by atoms with Gasteiger partial charge in [0.25, 0.3) is 0 Å². The molecule has 0 atom stereocenters. The van der Waals surface area contributed by atoms with Gasteiger partial charge in [-0.1, -0.05) is 188 Å². The third-order valence-electron chi connectivity index (χ3n) is 13.1. The third kappa shape index (κ3) is 6.12. The number of furan rings is 1. The van der Waals surface area contributed by atoms with Crippen molar-refractivity contribution in [2.24, 2.45) is 0 Å². The van der Waals surface area contributed by atoms with Crippen LogP contribution in [-0.4, -0.2) is 4.57 Å². The molecule has 11 aromatic carbocycles. The van der Waals surface area contributed by atoms with Gasteiger partial charge in [0, 0.05) is 60.8 Å². The molecule has 2 heterocycles. The molecule has 0 saturated carbocycles. The Kier molecular flexibility index (Phi) is 8.53. The van der Waals surface area contributed by atoms with Crippen LogP contribution in [0.4, 0.5) is 17.1 Å². The van der Waals surface area contributed by atoms with Gasteiger partial charge in [-0.3, -0.25) is 0 Å². The van der Waals surface area contributed by atoms with Gasteiger partial charge in [0.2, 0.25) is 0 Å². The summed E-state index contributed by atoms with van der Waals surface area (Å²) >= 11 is 0. The highest BCUT2D eigenvalue weighted by atomic mass is 16.3. The van der Waals surface area contributed by atoms with E-state index in [-0.39, 0.29) is 0 Å². The number of benzene rings is 11. The summed E-state index contributed by atoms with van der Waals surface area (Å²) in [7, 11) is 0. The van der Waals surface area contributed by atoms with Gasteiger partial charge in [-0.15, -0.1) is 0 Å². The first kappa shape index (κ1) is 36.9. The van der Waals surface area contributed by atoms with Crippen molar-refractivity contribution >= 4 is 82.4 Å². The molecule has 0 amide bonds. The second-order valence-electron chi connectivity index (χ2n) is 16.9. The predicted molar refractivity (Wildman–Crippen MR) is 274 cm³/mol. The van der Waals surface area contributed by atoms with Crippen molar-refractivity contribution in [3.05, 3.63) is 243 Å². The maximum Gasteiger partial charge on any atom is 0.143 e. The van der Waals surface area contributed by atoms with Crippen molar-refractivity contribution in [2.45, 2.75) is 0 Å². The zero-order valence-electron chi connectivity index (χ0n) is 35.4. The molecule has 0 bridgehead atoms. The molecular formula is C62H40N2O. The minimum atomic E-state index is 0.890. The summed E-state index contributed by atoms with van der Waals surface area (Å²) in [5.74, 6) is 0. The Morgan fingerprint density at radius 2 is 0.877 bits per heavy atom. The molecule has 0 fully saturated rings. The summed E-state index contributed by atoms with van der Waals surface area (Å²) in [5.41, 5.74) is 15.3. The van der Waals surface area contributed by atoms with Crippen LogP contribution >= 0.6 is 0 Å². The van der Waals surface area contributed by atoms with Crippen LogP contribution in [0.25, 0.3) is 104 Å². The monoisotopic (exact) mass is 828 g/mol. The van der Waals surface area contributed by atoms with E-state index in [1.54, 1.807) is 0 Å². The smallest absolute Gasteiger partial charge is 0.143 e. The zero-order valence-corrected chi connectivity index (χ0v) is 35.4. The molecule has 65 heavy (non-hydrogen) atoms. The number of hydrogen-bond acceptors (Lipinski definition) is 2. The van der Waals surface area contributed by atoms with Gasteiger partial charge in [0.1, 0.15) is 11.2 Å². The molecule has 3 heteroatoms. The molecule has 0 radical (unpaired) electrons. The fourth-order valence-corrected chi connectivity index (χ4v) is 10.1. The fraction of sp³-hybridized carbons (Fsp3) is 0. The van der Waals surface area contributed by atoms with Crippen LogP contribution in [0.3, 0.4) is 0 Å². The molecule has 0 spiro atoms. The number of rotatable bonds is 7. The first-order valence-corrected chi connectivity index (χ1v) is 22.2. The summed E-state index contributed by atoms with van der Waals surface area (Å²) in [6, 6.07) is 87.6. The lowest BCUT2D eigenvalue weighted by atomic mass is 9.99. The normalized spacial score (nSPS) is 11.7. The molecule has 13 aromatic rings. The fourth-order valence-electron chi connectivity index (χ4n) is 10.1.